The first-order valence-corrected chi connectivity index (χ1v) is 6.06. The summed E-state index contributed by atoms with van der Waals surface area (Å²) in [4.78, 5) is 11.7. The smallest absolute Gasteiger partial charge is 0.224 e. The zero-order valence-electron chi connectivity index (χ0n) is 9.74. The molecule has 1 N–H and O–H groups in total. The fourth-order valence-corrected chi connectivity index (χ4v) is 1.86. The molecule has 0 fully saturated rings. The number of benzene rings is 1. The van der Waals surface area contributed by atoms with Gasteiger partial charge in [-0.25, -0.2) is 0 Å². The number of carbonyl (C=O) groups is 1. The van der Waals surface area contributed by atoms with Crippen LogP contribution in [0.2, 0.25) is 0 Å². The monoisotopic (exact) mass is 239 g/mol. The topological polar surface area (TPSA) is 29.1 Å². The number of hydrogen-bond donors (Lipinski definition) is 1. The Hall–Kier alpha value is -1.02. The Bertz CT molecular complexity index is 324. The summed E-state index contributed by atoms with van der Waals surface area (Å²) in [6.45, 7) is 4.10. The summed E-state index contributed by atoms with van der Waals surface area (Å²) < 4.78 is 0. The lowest BCUT2D eigenvalue weighted by atomic mass is 10.1. The summed E-state index contributed by atoms with van der Waals surface area (Å²) in [5, 5.41) is 2.94. The second-order valence-electron chi connectivity index (χ2n) is 4.23. The van der Waals surface area contributed by atoms with Crippen molar-refractivity contribution in [1.82, 2.24) is 5.32 Å². The Morgan fingerprint density at radius 1 is 1.31 bits per heavy atom. The van der Waals surface area contributed by atoms with E-state index in [9.17, 15) is 4.79 Å². The molecule has 0 saturated heterocycles. The molecule has 0 aliphatic rings. The third-order valence-electron chi connectivity index (χ3n) is 2.52. The molecule has 0 heterocycles. The van der Waals surface area contributed by atoms with Crippen LogP contribution in [-0.2, 0) is 11.2 Å². The van der Waals surface area contributed by atoms with E-state index in [0.717, 1.165) is 5.56 Å². The number of halogens is 1. The van der Waals surface area contributed by atoms with E-state index in [1.54, 1.807) is 0 Å². The first kappa shape index (κ1) is 13.0. The minimum absolute atomic E-state index is 0.0329. The van der Waals surface area contributed by atoms with Gasteiger partial charge in [-0.05, 0) is 11.5 Å². The SMILES string of the molecule is CC(C)C(CCl)NC(=O)Cc1ccccc1. The van der Waals surface area contributed by atoms with Crippen molar-refractivity contribution in [2.75, 3.05) is 5.88 Å². The summed E-state index contributed by atoms with van der Waals surface area (Å²) in [6.07, 6.45) is 0.418. The van der Waals surface area contributed by atoms with Crippen LogP contribution < -0.4 is 5.32 Å². The van der Waals surface area contributed by atoms with E-state index >= 15 is 0 Å². The van der Waals surface area contributed by atoms with E-state index in [2.05, 4.69) is 19.2 Å². The van der Waals surface area contributed by atoms with E-state index in [1.807, 2.05) is 30.3 Å². The quantitative estimate of drug-likeness (QED) is 0.787. The second-order valence-corrected chi connectivity index (χ2v) is 4.54. The highest BCUT2D eigenvalue weighted by Crippen LogP contribution is 2.05. The van der Waals surface area contributed by atoms with Gasteiger partial charge in [-0.3, -0.25) is 4.79 Å². The number of nitrogens with one attached hydrogen (secondary N) is 1. The molecule has 1 aromatic carbocycles. The highest BCUT2D eigenvalue weighted by atomic mass is 35.5. The maximum atomic E-state index is 11.7. The van der Waals surface area contributed by atoms with Crippen molar-refractivity contribution in [1.29, 1.82) is 0 Å². The number of alkyl halides is 1. The molecule has 88 valence electrons. The highest BCUT2D eigenvalue weighted by molar-refractivity contribution is 6.18. The maximum absolute atomic E-state index is 11.7. The minimum atomic E-state index is 0.0329. The Balaban J connectivity index is 2.47. The molecule has 2 nitrogen and oxygen atoms in total. The third kappa shape index (κ3) is 4.23. The van der Waals surface area contributed by atoms with Gasteiger partial charge in [0.05, 0.1) is 6.42 Å². The van der Waals surface area contributed by atoms with Gasteiger partial charge in [0.1, 0.15) is 0 Å². The van der Waals surface area contributed by atoms with E-state index in [4.69, 9.17) is 11.6 Å². The normalized spacial score (nSPS) is 12.5. The van der Waals surface area contributed by atoms with Gasteiger partial charge in [0.2, 0.25) is 5.91 Å². The van der Waals surface area contributed by atoms with Gasteiger partial charge >= 0.3 is 0 Å². The molecule has 0 aliphatic carbocycles. The van der Waals surface area contributed by atoms with Crippen LogP contribution in [0.4, 0.5) is 0 Å². The summed E-state index contributed by atoms with van der Waals surface area (Å²) in [6, 6.07) is 9.76. The van der Waals surface area contributed by atoms with Gasteiger partial charge in [0.15, 0.2) is 0 Å². The molecule has 1 aromatic rings. The van der Waals surface area contributed by atoms with Crippen LogP contribution in [0.25, 0.3) is 0 Å². The molecule has 0 aliphatic heterocycles. The highest BCUT2D eigenvalue weighted by Gasteiger charge is 2.14. The van der Waals surface area contributed by atoms with Crippen LogP contribution in [0.3, 0.4) is 0 Å². The van der Waals surface area contributed by atoms with Crippen molar-refractivity contribution in [3.05, 3.63) is 35.9 Å². The number of carbonyl (C=O) groups excluding carboxylic acids is 1. The third-order valence-corrected chi connectivity index (χ3v) is 2.86. The molecule has 1 rings (SSSR count). The van der Waals surface area contributed by atoms with Gasteiger partial charge in [-0.15, -0.1) is 11.6 Å². The Morgan fingerprint density at radius 3 is 2.44 bits per heavy atom. The predicted octanol–water partition coefficient (Wildman–Crippen LogP) is 2.61. The van der Waals surface area contributed by atoms with E-state index in [0.29, 0.717) is 18.2 Å². The van der Waals surface area contributed by atoms with Crippen molar-refractivity contribution in [2.45, 2.75) is 26.3 Å². The van der Waals surface area contributed by atoms with Crippen molar-refractivity contribution in [3.8, 4) is 0 Å². The lowest BCUT2D eigenvalue weighted by Gasteiger charge is -2.19. The van der Waals surface area contributed by atoms with Gasteiger partial charge in [0, 0.05) is 11.9 Å². The Kier molecular flexibility index (Phi) is 5.33. The molecule has 0 radical (unpaired) electrons. The molecule has 0 bridgehead atoms. The lowest BCUT2D eigenvalue weighted by molar-refractivity contribution is -0.121. The standard InChI is InChI=1S/C13H18ClNO/c1-10(2)12(9-14)15-13(16)8-11-6-4-3-5-7-11/h3-7,10,12H,8-9H2,1-2H3,(H,15,16). The Labute approximate surface area is 102 Å². The zero-order valence-corrected chi connectivity index (χ0v) is 10.5. The van der Waals surface area contributed by atoms with E-state index < -0.39 is 0 Å². The molecule has 16 heavy (non-hydrogen) atoms. The van der Waals surface area contributed by atoms with Gasteiger partial charge in [0.25, 0.3) is 0 Å². The number of hydrogen-bond acceptors (Lipinski definition) is 1. The van der Waals surface area contributed by atoms with E-state index in [-0.39, 0.29) is 11.9 Å². The van der Waals surface area contributed by atoms with Gasteiger partial charge in [-0.2, -0.15) is 0 Å². The lowest BCUT2D eigenvalue weighted by Crippen LogP contribution is -2.40. The average molecular weight is 240 g/mol. The first-order valence-electron chi connectivity index (χ1n) is 5.52. The van der Waals surface area contributed by atoms with Crippen LogP contribution >= 0.6 is 11.6 Å². The van der Waals surface area contributed by atoms with Gasteiger partial charge in [-0.1, -0.05) is 44.2 Å². The maximum Gasteiger partial charge on any atom is 0.224 e. The van der Waals surface area contributed by atoms with E-state index in [1.165, 1.54) is 0 Å². The van der Waals surface area contributed by atoms with Crippen LogP contribution in [0.1, 0.15) is 19.4 Å². The molecule has 3 heteroatoms. The molecule has 1 unspecified atom stereocenters. The van der Waals surface area contributed by atoms with Crippen LogP contribution in [0.15, 0.2) is 30.3 Å². The summed E-state index contributed by atoms with van der Waals surface area (Å²) >= 11 is 5.79. The molecular formula is C13H18ClNO. The van der Waals surface area contributed by atoms with Crippen molar-refractivity contribution in [2.24, 2.45) is 5.92 Å². The second kappa shape index (κ2) is 6.54. The number of amides is 1. The molecule has 1 amide bonds. The summed E-state index contributed by atoms with van der Waals surface area (Å²) in [5.74, 6) is 0.848. The first-order chi connectivity index (χ1) is 7.63. The molecular weight excluding hydrogens is 222 g/mol. The summed E-state index contributed by atoms with van der Waals surface area (Å²) in [5.41, 5.74) is 1.03. The van der Waals surface area contributed by atoms with Crippen LogP contribution in [0.5, 0.6) is 0 Å². The fraction of sp³-hybridized carbons (Fsp3) is 0.462. The minimum Gasteiger partial charge on any atom is -0.352 e. The number of rotatable bonds is 5. The van der Waals surface area contributed by atoms with Crippen molar-refractivity contribution in [3.63, 3.8) is 0 Å². The van der Waals surface area contributed by atoms with Crippen molar-refractivity contribution >= 4 is 17.5 Å². The average Bonchev–Trinajstić information content (AvgIpc) is 2.27. The van der Waals surface area contributed by atoms with Crippen LogP contribution in [-0.4, -0.2) is 17.8 Å². The van der Waals surface area contributed by atoms with Crippen molar-refractivity contribution < 1.29 is 4.79 Å². The summed E-state index contributed by atoms with van der Waals surface area (Å²) in [7, 11) is 0. The zero-order chi connectivity index (χ0) is 12.0. The van der Waals surface area contributed by atoms with Gasteiger partial charge < -0.3 is 5.32 Å². The largest absolute Gasteiger partial charge is 0.352 e. The molecule has 1 atom stereocenters. The predicted molar refractivity (Wildman–Crippen MR) is 67.6 cm³/mol. The van der Waals surface area contributed by atoms with Crippen LogP contribution in [0, 0.1) is 5.92 Å². The molecule has 0 saturated carbocycles. The fourth-order valence-electron chi connectivity index (χ4n) is 1.42. The molecule has 0 spiro atoms. The Morgan fingerprint density at radius 2 is 1.94 bits per heavy atom. The molecule has 0 aromatic heterocycles.